The lowest BCUT2D eigenvalue weighted by Crippen LogP contribution is -2.38. The van der Waals surface area contributed by atoms with Gasteiger partial charge < -0.3 is 10.1 Å². The number of sulfonamides is 1. The minimum Gasteiger partial charge on any atom is -0.383 e. The van der Waals surface area contributed by atoms with Gasteiger partial charge in [0.15, 0.2) is 0 Å². The van der Waals surface area contributed by atoms with Crippen LogP contribution in [0.25, 0.3) is 0 Å². The largest absolute Gasteiger partial charge is 0.383 e. The van der Waals surface area contributed by atoms with E-state index in [4.69, 9.17) is 4.74 Å². The third-order valence-corrected chi connectivity index (χ3v) is 4.85. The maximum Gasteiger partial charge on any atom is 0.244 e. The second-order valence-electron chi connectivity index (χ2n) is 4.98. The Labute approximate surface area is 126 Å². The van der Waals surface area contributed by atoms with E-state index >= 15 is 0 Å². The number of hydrogen-bond donors (Lipinski definition) is 3. The molecule has 3 N–H and O–H groups in total. The summed E-state index contributed by atoms with van der Waals surface area (Å²) in [6.07, 6.45) is 1.64. The van der Waals surface area contributed by atoms with E-state index < -0.39 is 10.0 Å². The van der Waals surface area contributed by atoms with Gasteiger partial charge in [-0.2, -0.15) is 5.10 Å². The summed E-state index contributed by atoms with van der Waals surface area (Å²) in [4.78, 5) is 0.237. The van der Waals surface area contributed by atoms with Gasteiger partial charge in [0.05, 0.1) is 18.0 Å². The van der Waals surface area contributed by atoms with E-state index in [2.05, 4.69) is 27.2 Å². The van der Waals surface area contributed by atoms with Crippen molar-refractivity contribution in [1.29, 1.82) is 0 Å². The molecule has 1 rings (SSSR count). The summed E-state index contributed by atoms with van der Waals surface area (Å²) in [6.45, 7) is 7.27. The lowest BCUT2D eigenvalue weighted by atomic mass is 10.3. The number of ether oxygens (including phenoxy) is 1. The highest BCUT2D eigenvalue weighted by Crippen LogP contribution is 2.18. The molecule has 1 unspecified atom stereocenters. The van der Waals surface area contributed by atoms with Gasteiger partial charge in [-0.15, -0.1) is 0 Å². The zero-order valence-electron chi connectivity index (χ0n) is 13.2. The molecule has 0 aliphatic heterocycles. The standard InChI is InChI=1S/C13H26N4O3S/c1-5-7-14-8-12-13(10(3)15-16-12)21(18,19)17-11(6-2)9-20-4/h11,14,17H,5-9H2,1-4H3,(H,15,16). The number of nitrogens with one attached hydrogen (secondary N) is 3. The lowest BCUT2D eigenvalue weighted by Gasteiger charge is -2.16. The number of aromatic amines is 1. The number of aryl methyl sites for hydroxylation is 1. The summed E-state index contributed by atoms with van der Waals surface area (Å²) in [5.74, 6) is 0. The SMILES string of the molecule is CCCNCc1n[nH]c(C)c1S(=O)(=O)NC(CC)COC. The number of methoxy groups -OCH3 is 1. The highest BCUT2D eigenvalue weighted by molar-refractivity contribution is 7.89. The molecular formula is C13H26N4O3S. The average Bonchev–Trinajstić information content (AvgIpc) is 2.80. The van der Waals surface area contributed by atoms with E-state index in [1.54, 1.807) is 14.0 Å². The third-order valence-electron chi connectivity index (χ3n) is 3.13. The first-order valence-corrected chi connectivity index (χ1v) is 8.70. The Bertz CT molecular complexity index is 528. The third kappa shape index (κ3) is 5.06. The summed E-state index contributed by atoms with van der Waals surface area (Å²) in [6, 6.07) is -0.245. The van der Waals surface area contributed by atoms with Gasteiger partial charge in [0.25, 0.3) is 0 Å². The van der Waals surface area contributed by atoms with Crippen molar-refractivity contribution in [3.8, 4) is 0 Å². The Morgan fingerprint density at radius 2 is 2.10 bits per heavy atom. The van der Waals surface area contributed by atoms with Crippen molar-refractivity contribution in [3.63, 3.8) is 0 Å². The van der Waals surface area contributed by atoms with Gasteiger partial charge in [-0.05, 0) is 26.3 Å². The van der Waals surface area contributed by atoms with Crippen molar-refractivity contribution >= 4 is 10.0 Å². The van der Waals surface area contributed by atoms with E-state index in [1.807, 2.05) is 6.92 Å². The Morgan fingerprint density at radius 1 is 1.38 bits per heavy atom. The molecule has 21 heavy (non-hydrogen) atoms. The predicted octanol–water partition coefficient (Wildman–Crippen LogP) is 0.921. The zero-order valence-corrected chi connectivity index (χ0v) is 14.0. The van der Waals surface area contributed by atoms with Crippen LogP contribution in [0.4, 0.5) is 0 Å². The van der Waals surface area contributed by atoms with Gasteiger partial charge in [-0.3, -0.25) is 5.10 Å². The molecule has 1 aromatic rings. The number of hydrogen-bond acceptors (Lipinski definition) is 5. The molecule has 0 bridgehead atoms. The first-order valence-electron chi connectivity index (χ1n) is 7.22. The molecule has 7 nitrogen and oxygen atoms in total. The molecule has 0 spiro atoms. The topological polar surface area (TPSA) is 96.1 Å². The smallest absolute Gasteiger partial charge is 0.244 e. The van der Waals surface area contributed by atoms with Crippen LogP contribution in [-0.2, 0) is 21.3 Å². The van der Waals surface area contributed by atoms with Gasteiger partial charge in [-0.25, -0.2) is 13.1 Å². The monoisotopic (exact) mass is 318 g/mol. The summed E-state index contributed by atoms with van der Waals surface area (Å²) in [7, 11) is -2.06. The van der Waals surface area contributed by atoms with Crippen molar-refractivity contribution in [2.45, 2.75) is 51.1 Å². The molecule has 0 aliphatic carbocycles. The normalized spacial score (nSPS) is 13.5. The van der Waals surface area contributed by atoms with Crippen LogP contribution in [0.1, 0.15) is 38.1 Å². The maximum atomic E-state index is 12.6. The van der Waals surface area contributed by atoms with Crippen molar-refractivity contribution in [2.75, 3.05) is 20.3 Å². The number of aromatic nitrogens is 2. The summed E-state index contributed by atoms with van der Waals surface area (Å²) >= 11 is 0. The van der Waals surface area contributed by atoms with Gasteiger partial charge in [0.1, 0.15) is 4.90 Å². The Kier molecular flexibility index (Phi) is 7.30. The fraction of sp³-hybridized carbons (Fsp3) is 0.769. The quantitative estimate of drug-likeness (QED) is 0.558. The van der Waals surface area contributed by atoms with E-state index in [-0.39, 0.29) is 10.9 Å². The Hall–Kier alpha value is -0.960. The highest BCUT2D eigenvalue weighted by atomic mass is 32.2. The molecule has 8 heteroatoms. The van der Waals surface area contributed by atoms with E-state index in [1.165, 1.54) is 0 Å². The lowest BCUT2D eigenvalue weighted by molar-refractivity contribution is 0.173. The molecule has 0 saturated heterocycles. The fourth-order valence-corrected chi connectivity index (χ4v) is 3.71. The van der Waals surface area contributed by atoms with Crippen LogP contribution in [0, 0.1) is 6.92 Å². The molecule has 0 fully saturated rings. The second kappa shape index (κ2) is 8.47. The van der Waals surface area contributed by atoms with Crippen molar-refractivity contribution in [3.05, 3.63) is 11.4 Å². The van der Waals surface area contributed by atoms with Gasteiger partial charge in [0.2, 0.25) is 10.0 Å². The Morgan fingerprint density at radius 3 is 2.67 bits per heavy atom. The van der Waals surface area contributed by atoms with E-state index in [0.717, 1.165) is 13.0 Å². The molecule has 122 valence electrons. The molecule has 0 saturated carbocycles. The van der Waals surface area contributed by atoms with Crippen LogP contribution < -0.4 is 10.0 Å². The minimum absolute atomic E-state index is 0.237. The van der Waals surface area contributed by atoms with Crippen LogP contribution in [0.5, 0.6) is 0 Å². The fourth-order valence-electron chi connectivity index (χ4n) is 2.04. The summed E-state index contributed by atoms with van der Waals surface area (Å²) in [5.41, 5.74) is 1.06. The Balaban J connectivity index is 2.93. The molecule has 0 amide bonds. The van der Waals surface area contributed by atoms with Crippen molar-refractivity contribution < 1.29 is 13.2 Å². The zero-order chi connectivity index (χ0) is 15.9. The summed E-state index contributed by atoms with van der Waals surface area (Å²) < 4.78 is 32.8. The number of nitrogens with zero attached hydrogens (tertiary/aromatic N) is 1. The van der Waals surface area contributed by atoms with Crippen LogP contribution in [0.2, 0.25) is 0 Å². The first-order chi connectivity index (χ1) is 9.96. The molecule has 0 radical (unpaired) electrons. The molecule has 1 heterocycles. The predicted molar refractivity (Wildman–Crippen MR) is 81.6 cm³/mol. The van der Waals surface area contributed by atoms with Gasteiger partial charge in [-0.1, -0.05) is 13.8 Å². The molecule has 0 aromatic carbocycles. The van der Waals surface area contributed by atoms with Crippen molar-refractivity contribution in [2.24, 2.45) is 0 Å². The maximum absolute atomic E-state index is 12.6. The molecule has 1 atom stereocenters. The average molecular weight is 318 g/mol. The van der Waals surface area contributed by atoms with Crippen LogP contribution >= 0.6 is 0 Å². The molecule has 0 aliphatic rings. The minimum atomic E-state index is -3.61. The number of rotatable bonds is 10. The number of H-pyrrole nitrogens is 1. The van der Waals surface area contributed by atoms with E-state index in [9.17, 15) is 8.42 Å². The molecule has 1 aromatic heterocycles. The van der Waals surface area contributed by atoms with Gasteiger partial charge in [0, 0.05) is 19.7 Å². The van der Waals surface area contributed by atoms with E-state index in [0.29, 0.717) is 31.0 Å². The van der Waals surface area contributed by atoms with Crippen LogP contribution in [-0.4, -0.2) is 44.9 Å². The van der Waals surface area contributed by atoms with Crippen LogP contribution in [0.15, 0.2) is 4.90 Å². The van der Waals surface area contributed by atoms with Crippen molar-refractivity contribution in [1.82, 2.24) is 20.2 Å². The highest BCUT2D eigenvalue weighted by Gasteiger charge is 2.26. The second-order valence-corrected chi connectivity index (χ2v) is 6.63. The van der Waals surface area contributed by atoms with Crippen LogP contribution in [0.3, 0.4) is 0 Å². The summed E-state index contributed by atoms with van der Waals surface area (Å²) in [5, 5.41) is 10.0. The van der Waals surface area contributed by atoms with Gasteiger partial charge >= 0.3 is 0 Å². The first kappa shape index (κ1) is 18.1. The molecular weight excluding hydrogens is 292 g/mol.